The van der Waals surface area contributed by atoms with Crippen LogP contribution in [-0.4, -0.2) is 12.6 Å². The van der Waals surface area contributed by atoms with Crippen LogP contribution in [0.1, 0.15) is 50.7 Å². The Balaban J connectivity index is 1.99. The summed E-state index contributed by atoms with van der Waals surface area (Å²) in [5.41, 5.74) is 7.60. The second-order valence-corrected chi connectivity index (χ2v) is 5.34. The van der Waals surface area contributed by atoms with Crippen LogP contribution in [0.15, 0.2) is 30.3 Å². The van der Waals surface area contributed by atoms with Crippen LogP contribution < -0.4 is 5.73 Å². The topological polar surface area (TPSA) is 35.2 Å². The standard InChI is InChI=1S/C16H25NO/c1-2-18-16(14-10-4-3-5-11-14)15(17)12-13-8-6-7-9-13/h3-5,10-11,13,15-16H,2,6-9,12,17H2,1H3. The van der Waals surface area contributed by atoms with Crippen molar-refractivity contribution in [1.82, 2.24) is 0 Å². The van der Waals surface area contributed by atoms with Gasteiger partial charge >= 0.3 is 0 Å². The van der Waals surface area contributed by atoms with E-state index < -0.39 is 0 Å². The van der Waals surface area contributed by atoms with Gasteiger partial charge in [0.2, 0.25) is 0 Å². The molecule has 2 rings (SSSR count). The number of benzene rings is 1. The lowest BCUT2D eigenvalue weighted by Gasteiger charge is -2.26. The minimum atomic E-state index is 0.0526. The molecule has 0 heterocycles. The summed E-state index contributed by atoms with van der Waals surface area (Å²) in [4.78, 5) is 0. The highest BCUT2D eigenvalue weighted by atomic mass is 16.5. The molecule has 18 heavy (non-hydrogen) atoms. The molecule has 1 aliphatic carbocycles. The number of hydrogen-bond acceptors (Lipinski definition) is 2. The van der Waals surface area contributed by atoms with Gasteiger partial charge in [0, 0.05) is 12.6 Å². The quantitative estimate of drug-likeness (QED) is 0.832. The smallest absolute Gasteiger partial charge is 0.0975 e. The normalized spacial score (nSPS) is 19.9. The number of hydrogen-bond donors (Lipinski definition) is 1. The second-order valence-electron chi connectivity index (χ2n) is 5.34. The third kappa shape index (κ3) is 3.56. The zero-order chi connectivity index (χ0) is 12.8. The highest BCUT2D eigenvalue weighted by molar-refractivity contribution is 5.19. The summed E-state index contributed by atoms with van der Waals surface area (Å²) in [6.45, 7) is 2.76. The Labute approximate surface area is 111 Å². The van der Waals surface area contributed by atoms with Gasteiger partial charge in [0.15, 0.2) is 0 Å². The summed E-state index contributed by atoms with van der Waals surface area (Å²) in [6.07, 6.45) is 6.60. The predicted molar refractivity (Wildman–Crippen MR) is 75.4 cm³/mol. The Morgan fingerprint density at radius 2 is 1.89 bits per heavy atom. The van der Waals surface area contributed by atoms with Gasteiger partial charge in [0.05, 0.1) is 6.10 Å². The molecule has 2 unspecified atom stereocenters. The number of nitrogens with two attached hydrogens (primary N) is 1. The molecule has 0 radical (unpaired) electrons. The van der Waals surface area contributed by atoms with Gasteiger partial charge in [-0.2, -0.15) is 0 Å². The first-order valence-electron chi connectivity index (χ1n) is 7.23. The summed E-state index contributed by atoms with van der Waals surface area (Å²) >= 11 is 0. The molecule has 2 atom stereocenters. The van der Waals surface area contributed by atoms with Crippen LogP contribution in [-0.2, 0) is 4.74 Å². The molecule has 100 valence electrons. The average molecular weight is 247 g/mol. The molecule has 1 aromatic rings. The summed E-state index contributed by atoms with van der Waals surface area (Å²) < 4.78 is 5.88. The maximum absolute atomic E-state index is 6.39. The summed E-state index contributed by atoms with van der Waals surface area (Å²) in [6, 6.07) is 10.5. The predicted octanol–water partition coefficient (Wildman–Crippen LogP) is 3.67. The van der Waals surface area contributed by atoms with Crippen LogP contribution >= 0.6 is 0 Å². The Morgan fingerprint density at radius 1 is 1.22 bits per heavy atom. The Bertz CT molecular complexity index is 332. The van der Waals surface area contributed by atoms with E-state index in [0.29, 0.717) is 0 Å². The summed E-state index contributed by atoms with van der Waals surface area (Å²) in [5.74, 6) is 0.812. The van der Waals surface area contributed by atoms with E-state index in [1.54, 1.807) is 0 Å². The first kappa shape index (κ1) is 13.6. The fourth-order valence-electron chi connectivity index (χ4n) is 3.04. The van der Waals surface area contributed by atoms with Crippen molar-refractivity contribution in [1.29, 1.82) is 0 Å². The van der Waals surface area contributed by atoms with Gasteiger partial charge in [-0.25, -0.2) is 0 Å². The Morgan fingerprint density at radius 3 is 2.50 bits per heavy atom. The molecular weight excluding hydrogens is 222 g/mol. The average Bonchev–Trinajstić information content (AvgIpc) is 2.89. The van der Waals surface area contributed by atoms with E-state index in [2.05, 4.69) is 24.3 Å². The molecule has 1 aliphatic rings. The zero-order valence-corrected chi connectivity index (χ0v) is 11.3. The van der Waals surface area contributed by atoms with Crippen molar-refractivity contribution in [3.63, 3.8) is 0 Å². The minimum Gasteiger partial charge on any atom is -0.372 e. The first-order valence-corrected chi connectivity index (χ1v) is 7.23. The highest BCUT2D eigenvalue weighted by Gasteiger charge is 2.25. The molecule has 2 nitrogen and oxygen atoms in total. The fraction of sp³-hybridized carbons (Fsp3) is 0.625. The summed E-state index contributed by atoms with van der Waals surface area (Å²) in [5, 5.41) is 0. The molecule has 0 aromatic heterocycles. The third-order valence-electron chi connectivity index (χ3n) is 3.94. The third-order valence-corrected chi connectivity index (χ3v) is 3.94. The molecule has 2 heteroatoms. The van der Waals surface area contributed by atoms with E-state index in [-0.39, 0.29) is 12.1 Å². The Hall–Kier alpha value is -0.860. The van der Waals surface area contributed by atoms with E-state index in [0.717, 1.165) is 18.9 Å². The van der Waals surface area contributed by atoms with Crippen molar-refractivity contribution < 1.29 is 4.74 Å². The van der Waals surface area contributed by atoms with Crippen LogP contribution in [0.4, 0.5) is 0 Å². The monoisotopic (exact) mass is 247 g/mol. The van der Waals surface area contributed by atoms with E-state index in [1.165, 1.54) is 31.2 Å². The zero-order valence-electron chi connectivity index (χ0n) is 11.3. The SMILES string of the molecule is CCOC(c1ccccc1)C(N)CC1CCCC1. The van der Waals surface area contributed by atoms with Crippen molar-refractivity contribution in [3.8, 4) is 0 Å². The van der Waals surface area contributed by atoms with Crippen LogP contribution in [0.3, 0.4) is 0 Å². The van der Waals surface area contributed by atoms with Gasteiger partial charge in [-0.3, -0.25) is 0 Å². The first-order chi connectivity index (χ1) is 8.81. The van der Waals surface area contributed by atoms with Crippen molar-refractivity contribution >= 4 is 0 Å². The van der Waals surface area contributed by atoms with Gasteiger partial charge in [0.25, 0.3) is 0 Å². The second kappa shape index (κ2) is 6.91. The van der Waals surface area contributed by atoms with Gasteiger partial charge in [0.1, 0.15) is 0 Å². The van der Waals surface area contributed by atoms with Crippen molar-refractivity contribution in [2.24, 2.45) is 11.7 Å². The van der Waals surface area contributed by atoms with Gasteiger partial charge in [-0.15, -0.1) is 0 Å². The van der Waals surface area contributed by atoms with Gasteiger partial charge < -0.3 is 10.5 Å². The molecule has 0 saturated heterocycles. The van der Waals surface area contributed by atoms with Crippen LogP contribution in [0, 0.1) is 5.92 Å². The van der Waals surface area contributed by atoms with Crippen molar-refractivity contribution in [2.75, 3.05) is 6.61 Å². The molecule has 1 fully saturated rings. The number of rotatable bonds is 6. The number of ether oxygens (including phenoxy) is 1. The van der Waals surface area contributed by atoms with Crippen LogP contribution in [0.2, 0.25) is 0 Å². The molecule has 2 N–H and O–H groups in total. The summed E-state index contributed by atoms with van der Waals surface area (Å²) in [7, 11) is 0. The van der Waals surface area contributed by atoms with Crippen molar-refractivity contribution in [3.05, 3.63) is 35.9 Å². The van der Waals surface area contributed by atoms with Crippen LogP contribution in [0.25, 0.3) is 0 Å². The molecule has 1 saturated carbocycles. The van der Waals surface area contributed by atoms with E-state index in [9.17, 15) is 0 Å². The molecular formula is C16H25NO. The van der Waals surface area contributed by atoms with E-state index >= 15 is 0 Å². The van der Waals surface area contributed by atoms with Crippen LogP contribution in [0.5, 0.6) is 0 Å². The fourth-order valence-corrected chi connectivity index (χ4v) is 3.04. The van der Waals surface area contributed by atoms with Crippen molar-refractivity contribution in [2.45, 2.75) is 51.2 Å². The molecule has 0 spiro atoms. The maximum Gasteiger partial charge on any atom is 0.0975 e. The maximum atomic E-state index is 6.39. The molecule has 0 amide bonds. The van der Waals surface area contributed by atoms with Gasteiger partial charge in [-0.05, 0) is 24.8 Å². The Kier molecular flexibility index (Phi) is 5.21. The molecule has 0 bridgehead atoms. The molecule has 0 aliphatic heterocycles. The van der Waals surface area contributed by atoms with Gasteiger partial charge in [-0.1, -0.05) is 56.0 Å². The van der Waals surface area contributed by atoms with E-state index in [4.69, 9.17) is 10.5 Å². The highest BCUT2D eigenvalue weighted by Crippen LogP contribution is 2.32. The largest absolute Gasteiger partial charge is 0.372 e. The lowest BCUT2D eigenvalue weighted by Crippen LogP contribution is -2.32. The minimum absolute atomic E-state index is 0.0526. The van der Waals surface area contributed by atoms with E-state index in [1.807, 2.05) is 13.0 Å². The lowest BCUT2D eigenvalue weighted by atomic mass is 9.92. The lowest BCUT2D eigenvalue weighted by molar-refractivity contribution is 0.0373. The molecule has 1 aromatic carbocycles.